The molecule has 1 amide bonds. The number of carbonyl (C=O) groups is 1. The first-order valence-electron chi connectivity index (χ1n) is 6.57. The summed E-state index contributed by atoms with van der Waals surface area (Å²) in [5.74, 6) is -0.0242. The number of nitrogens with one attached hydrogen (secondary N) is 1. The standard InChI is InChI=1S/C13H12NO.C5H5.Fe/c15-13(12-8-4-5-9-12)14-10-11-6-2-1-3-7-11;1-2-4-5-3-1;/h1-9H,10H2,(H,14,15);1-5H;/q2*-1;. The van der Waals surface area contributed by atoms with Gasteiger partial charge in [-0.05, 0) is 5.56 Å². The second-order valence-corrected chi connectivity index (χ2v) is 4.30. The Kier molecular flexibility index (Phi) is 7.88. The van der Waals surface area contributed by atoms with Gasteiger partial charge in [0.1, 0.15) is 0 Å². The first-order valence-corrected chi connectivity index (χ1v) is 6.57. The Morgan fingerprint density at radius 3 is 2.10 bits per heavy atom. The monoisotopic (exact) mass is 319 g/mol. The molecule has 0 spiro atoms. The smallest absolute Gasteiger partial charge is 0.195 e. The number of amides is 1. The molecule has 0 aliphatic rings. The van der Waals surface area contributed by atoms with Crippen molar-refractivity contribution in [1.29, 1.82) is 0 Å². The Morgan fingerprint density at radius 2 is 1.57 bits per heavy atom. The molecule has 0 saturated carbocycles. The van der Waals surface area contributed by atoms with Crippen LogP contribution in [0.1, 0.15) is 15.9 Å². The largest absolute Gasteiger partial charge is 0.358 e. The van der Waals surface area contributed by atoms with Gasteiger partial charge in [0.05, 0.1) is 0 Å². The second-order valence-electron chi connectivity index (χ2n) is 4.30. The van der Waals surface area contributed by atoms with E-state index in [9.17, 15) is 4.79 Å². The van der Waals surface area contributed by atoms with Crippen molar-refractivity contribution in [2.45, 2.75) is 6.54 Å². The zero-order valence-electron chi connectivity index (χ0n) is 11.6. The number of benzene rings is 1. The van der Waals surface area contributed by atoms with Crippen LogP contribution in [0, 0.1) is 0 Å². The van der Waals surface area contributed by atoms with Crippen LogP contribution >= 0.6 is 0 Å². The van der Waals surface area contributed by atoms with Crippen LogP contribution in [-0.2, 0) is 23.6 Å². The van der Waals surface area contributed by atoms with E-state index in [2.05, 4.69) is 5.32 Å². The van der Waals surface area contributed by atoms with Gasteiger partial charge in [-0.1, -0.05) is 35.9 Å². The van der Waals surface area contributed by atoms with Gasteiger partial charge in [0.2, 0.25) is 0 Å². The first kappa shape index (κ1) is 17.0. The van der Waals surface area contributed by atoms with Crippen LogP contribution < -0.4 is 5.32 Å². The fourth-order valence-electron chi connectivity index (χ4n) is 1.73. The van der Waals surface area contributed by atoms with Gasteiger partial charge in [0.25, 0.3) is 0 Å². The van der Waals surface area contributed by atoms with Crippen LogP contribution in [0.5, 0.6) is 0 Å². The Morgan fingerprint density at radius 1 is 0.952 bits per heavy atom. The molecule has 0 radical (unpaired) electrons. The van der Waals surface area contributed by atoms with Crippen LogP contribution in [0.15, 0.2) is 84.9 Å². The Balaban J connectivity index is 0.000000313. The molecular weight excluding hydrogens is 302 g/mol. The van der Waals surface area contributed by atoms with E-state index in [1.165, 1.54) is 0 Å². The third-order valence-electron chi connectivity index (χ3n) is 2.78. The van der Waals surface area contributed by atoms with E-state index in [-0.39, 0.29) is 23.0 Å². The molecule has 0 saturated heterocycles. The summed E-state index contributed by atoms with van der Waals surface area (Å²) in [6.07, 6.45) is 0. The Labute approximate surface area is 136 Å². The van der Waals surface area contributed by atoms with E-state index >= 15 is 0 Å². The van der Waals surface area contributed by atoms with Crippen molar-refractivity contribution >= 4 is 5.91 Å². The average Bonchev–Trinajstić information content (AvgIpc) is 3.20. The first-order chi connectivity index (χ1) is 9.86. The van der Waals surface area contributed by atoms with Gasteiger partial charge < -0.3 is 5.32 Å². The third-order valence-corrected chi connectivity index (χ3v) is 2.78. The van der Waals surface area contributed by atoms with Crippen LogP contribution in [0.2, 0.25) is 0 Å². The molecule has 21 heavy (non-hydrogen) atoms. The third kappa shape index (κ3) is 6.26. The molecule has 0 atom stereocenters. The normalized spacial score (nSPS) is 8.95. The summed E-state index contributed by atoms with van der Waals surface area (Å²) in [6.45, 7) is 0.574. The molecule has 3 aromatic rings. The molecule has 0 heterocycles. The van der Waals surface area contributed by atoms with Crippen molar-refractivity contribution in [3.63, 3.8) is 0 Å². The van der Waals surface area contributed by atoms with E-state index < -0.39 is 0 Å². The van der Waals surface area contributed by atoms with Crippen molar-refractivity contribution < 1.29 is 21.9 Å². The maximum atomic E-state index is 11.6. The summed E-state index contributed by atoms with van der Waals surface area (Å²) < 4.78 is 0. The molecule has 0 aromatic heterocycles. The zero-order valence-corrected chi connectivity index (χ0v) is 12.7. The van der Waals surface area contributed by atoms with E-state index in [1.54, 1.807) is 12.1 Å². The predicted octanol–water partition coefficient (Wildman–Crippen LogP) is 3.74. The van der Waals surface area contributed by atoms with E-state index in [0.29, 0.717) is 12.1 Å². The molecule has 1 N–H and O–H groups in total. The van der Waals surface area contributed by atoms with Crippen LogP contribution in [0.3, 0.4) is 0 Å². The van der Waals surface area contributed by atoms with Gasteiger partial charge in [0.15, 0.2) is 5.91 Å². The molecule has 110 valence electrons. The zero-order chi connectivity index (χ0) is 14.0. The fraction of sp³-hybridized carbons (Fsp3) is 0.0556. The average molecular weight is 319 g/mol. The molecule has 3 rings (SSSR count). The topological polar surface area (TPSA) is 29.1 Å². The van der Waals surface area contributed by atoms with Crippen molar-refractivity contribution in [3.05, 3.63) is 96.1 Å². The minimum absolute atomic E-state index is 0. The van der Waals surface area contributed by atoms with E-state index in [4.69, 9.17) is 0 Å². The fourth-order valence-corrected chi connectivity index (χ4v) is 1.73. The second kappa shape index (κ2) is 9.76. The van der Waals surface area contributed by atoms with Crippen molar-refractivity contribution in [1.82, 2.24) is 5.32 Å². The molecule has 0 bridgehead atoms. The minimum Gasteiger partial charge on any atom is -0.358 e. The molecule has 0 unspecified atom stereocenters. The number of carbonyl (C=O) groups excluding carboxylic acids is 1. The van der Waals surface area contributed by atoms with Crippen LogP contribution in [0.4, 0.5) is 0 Å². The summed E-state index contributed by atoms with van der Waals surface area (Å²) in [5, 5.41) is 2.86. The molecule has 2 nitrogen and oxygen atoms in total. The van der Waals surface area contributed by atoms with Gasteiger partial charge in [-0.15, -0.1) is 0 Å². The van der Waals surface area contributed by atoms with Gasteiger partial charge in [-0.25, -0.2) is 24.3 Å². The maximum Gasteiger partial charge on any atom is 0.195 e. The summed E-state index contributed by atoms with van der Waals surface area (Å²) in [7, 11) is 0. The molecule has 3 heteroatoms. The van der Waals surface area contributed by atoms with Gasteiger partial charge in [-0.3, -0.25) is 4.79 Å². The maximum absolute atomic E-state index is 11.6. The van der Waals surface area contributed by atoms with Crippen LogP contribution in [0.25, 0.3) is 0 Å². The quantitative estimate of drug-likeness (QED) is 0.578. The SMILES string of the molecule is O=C(NCc1ccccc1)[c-]1cccc1.[Fe].c1cc[cH-]c1. The Hall–Kier alpha value is -2.09. The molecule has 0 aliphatic carbocycles. The summed E-state index contributed by atoms with van der Waals surface area (Å²) in [5.41, 5.74) is 1.82. The van der Waals surface area contributed by atoms with E-state index in [1.807, 2.05) is 72.8 Å². The van der Waals surface area contributed by atoms with Crippen molar-refractivity contribution in [2.24, 2.45) is 0 Å². The summed E-state index contributed by atoms with van der Waals surface area (Å²) >= 11 is 0. The van der Waals surface area contributed by atoms with E-state index in [0.717, 1.165) is 5.56 Å². The molecular formula is C18H17FeNO-2. The Bertz CT molecular complexity index is 568. The van der Waals surface area contributed by atoms with Gasteiger partial charge in [0, 0.05) is 23.6 Å². The number of hydrogen-bond acceptors (Lipinski definition) is 1. The number of rotatable bonds is 3. The van der Waals surface area contributed by atoms with Crippen molar-refractivity contribution in [2.75, 3.05) is 0 Å². The predicted molar refractivity (Wildman–Crippen MR) is 81.7 cm³/mol. The minimum atomic E-state index is -0.0242. The molecule has 3 aromatic carbocycles. The van der Waals surface area contributed by atoms with Gasteiger partial charge >= 0.3 is 0 Å². The number of hydrogen-bond donors (Lipinski definition) is 1. The van der Waals surface area contributed by atoms with Gasteiger partial charge in [-0.2, -0.15) is 30.3 Å². The van der Waals surface area contributed by atoms with Crippen LogP contribution in [-0.4, -0.2) is 5.91 Å². The summed E-state index contributed by atoms with van der Waals surface area (Å²) in [4.78, 5) is 11.6. The molecule has 0 aliphatic heterocycles. The molecule has 0 fully saturated rings. The summed E-state index contributed by atoms with van der Waals surface area (Å²) in [6, 6.07) is 27.2. The van der Waals surface area contributed by atoms with Crippen molar-refractivity contribution in [3.8, 4) is 0 Å².